The summed E-state index contributed by atoms with van der Waals surface area (Å²) in [6, 6.07) is 6.98. The molecule has 1 aromatic rings. The summed E-state index contributed by atoms with van der Waals surface area (Å²) in [5.41, 5.74) is 0.956. The lowest BCUT2D eigenvalue weighted by atomic mass is 10.3. The summed E-state index contributed by atoms with van der Waals surface area (Å²) in [5, 5.41) is 13.1. The number of aromatic hydroxyl groups is 1. The van der Waals surface area contributed by atoms with Crippen LogP contribution in [-0.2, 0) is 0 Å². The van der Waals surface area contributed by atoms with Crippen molar-refractivity contribution in [1.29, 1.82) is 0 Å². The van der Waals surface area contributed by atoms with Crippen molar-refractivity contribution in [3.8, 4) is 5.75 Å². The van der Waals surface area contributed by atoms with E-state index in [1.807, 2.05) is 24.1 Å². The van der Waals surface area contributed by atoms with E-state index in [-0.39, 0.29) is 5.75 Å². The number of rotatable bonds is 5. The number of phenols is 1. The maximum atomic E-state index is 9.23. The van der Waals surface area contributed by atoms with Gasteiger partial charge in [-0.3, -0.25) is 0 Å². The van der Waals surface area contributed by atoms with Crippen LogP contribution in [0.1, 0.15) is 6.42 Å². The first-order chi connectivity index (χ1) is 8.50. The molecule has 0 heterocycles. The van der Waals surface area contributed by atoms with E-state index in [1.165, 1.54) is 0 Å². The normalized spacial score (nSPS) is 10.4. The Morgan fingerprint density at radius 3 is 2.39 bits per heavy atom. The van der Waals surface area contributed by atoms with Crippen LogP contribution in [0.3, 0.4) is 0 Å². The van der Waals surface area contributed by atoms with E-state index in [0.717, 1.165) is 25.2 Å². The predicted octanol–water partition coefficient (Wildman–Crippen LogP) is 1.65. The summed E-state index contributed by atoms with van der Waals surface area (Å²) in [6.45, 7) is 1.90. The second-order valence-corrected chi connectivity index (χ2v) is 4.85. The Balaban J connectivity index is 2.39. The zero-order valence-corrected chi connectivity index (χ0v) is 12.0. The second kappa shape index (κ2) is 7.18. The smallest absolute Gasteiger partial charge is 0.173 e. The van der Waals surface area contributed by atoms with Gasteiger partial charge in [0.05, 0.1) is 0 Å². The standard InChI is InChI=1S/C13H21N3OS/c1-15(2)10-4-9-14-13(18)16(3)11-5-7-12(17)8-6-11/h5-8,17H,4,9-10H2,1-3H3,(H,14,18). The largest absolute Gasteiger partial charge is 0.508 e. The van der Waals surface area contributed by atoms with Gasteiger partial charge in [0.25, 0.3) is 0 Å². The quantitative estimate of drug-likeness (QED) is 0.627. The van der Waals surface area contributed by atoms with Crippen molar-refractivity contribution in [3.05, 3.63) is 24.3 Å². The van der Waals surface area contributed by atoms with Crippen LogP contribution in [0, 0.1) is 0 Å². The van der Waals surface area contributed by atoms with Crippen molar-refractivity contribution in [3.63, 3.8) is 0 Å². The summed E-state index contributed by atoms with van der Waals surface area (Å²) < 4.78 is 0. The predicted molar refractivity (Wildman–Crippen MR) is 80.3 cm³/mol. The summed E-state index contributed by atoms with van der Waals surface area (Å²) in [7, 11) is 6.02. The number of benzene rings is 1. The molecule has 0 aliphatic heterocycles. The van der Waals surface area contributed by atoms with E-state index in [9.17, 15) is 5.11 Å². The molecule has 2 N–H and O–H groups in total. The molecule has 0 aliphatic rings. The molecule has 0 unspecified atom stereocenters. The van der Waals surface area contributed by atoms with Crippen LogP contribution in [0.5, 0.6) is 5.75 Å². The Morgan fingerprint density at radius 1 is 1.22 bits per heavy atom. The highest BCUT2D eigenvalue weighted by molar-refractivity contribution is 7.80. The van der Waals surface area contributed by atoms with Crippen molar-refractivity contribution < 1.29 is 5.11 Å². The van der Waals surface area contributed by atoms with Gasteiger partial charge in [-0.2, -0.15) is 0 Å². The molecule has 0 amide bonds. The summed E-state index contributed by atoms with van der Waals surface area (Å²) in [6.07, 6.45) is 1.05. The monoisotopic (exact) mass is 267 g/mol. The van der Waals surface area contributed by atoms with Crippen molar-refractivity contribution in [2.75, 3.05) is 39.1 Å². The van der Waals surface area contributed by atoms with Crippen molar-refractivity contribution in [1.82, 2.24) is 10.2 Å². The molecule has 0 fully saturated rings. The number of phenolic OH excluding ortho intramolecular Hbond substituents is 1. The van der Waals surface area contributed by atoms with E-state index in [2.05, 4.69) is 24.3 Å². The zero-order valence-electron chi connectivity index (χ0n) is 11.2. The lowest BCUT2D eigenvalue weighted by Gasteiger charge is -2.21. The van der Waals surface area contributed by atoms with Gasteiger partial charge in [0.15, 0.2) is 5.11 Å². The van der Waals surface area contributed by atoms with Gasteiger partial charge >= 0.3 is 0 Å². The SMILES string of the molecule is CN(C)CCCNC(=S)N(C)c1ccc(O)cc1. The third-order valence-electron chi connectivity index (χ3n) is 2.60. The fourth-order valence-electron chi connectivity index (χ4n) is 1.50. The third kappa shape index (κ3) is 4.89. The maximum absolute atomic E-state index is 9.23. The molecule has 0 aromatic heterocycles. The van der Waals surface area contributed by atoms with Gasteiger partial charge < -0.3 is 20.2 Å². The molecule has 4 nitrogen and oxygen atoms in total. The molecular weight excluding hydrogens is 246 g/mol. The van der Waals surface area contributed by atoms with Crippen molar-refractivity contribution >= 4 is 23.0 Å². The minimum atomic E-state index is 0.261. The van der Waals surface area contributed by atoms with Gasteiger partial charge in [-0.25, -0.2) is 0 Å². The Bertz CT molecular complexity index is 378. The van der Waals surface area contributed by atoms with Gasteiger partial charge in [0.2, 0.25) is 0 Å². The first kappa shape index (κ1) is 14.7. The van der Waals surface area contributed by atoms with Crippen molar-refractivity contribution in [2.24, 2.45) is 0 Å². The highest BCUT2D eigenvalue weighted by Gasteiger charge is 2.05. The van der Waals surface area contributed by atoms with Crippen LogP contribution in [0.2, 0.25) is 0 Å². The molecule has 0 spiro atoms. The number of nitrogens with one attached hydrogen (secondary N) is 1. The Labute approximate surface area is 114 Å². The average Bonchev–Trinajstić information content (AvgIpc) is 2.34. The van der Waals surface area contributed by atoms with Crippen LogP contribution < -0.4 is 10.2 Å². The summed E-state index contributed by atoms with van der Waals surface area (Å²) in [4.78, 5) is 4.04. The number of hydrogen-bond donors (Lipinski definition) is 2. The minimum absolute atomic E-state index is 0.261. The van der Waals surface area contributed by atoms with E-state index in [4.69, 9.17) is 12.2 Å². The topological polar surface area (TPSA) is 38.7 Å². The van der Waals surface area contributed by atoms with Crippen LogP contribution >= 0.6 is 12.2 Å². The molecule has 0 bridgehead atoms. The number of hydrogen-bond acceptors (Lipinski definition) is 3. The first-order valence-electron chi connectivity index (χ1n) is 5.96. The van der Waals surface area contributed by atoms with Crippen LogP contribution in [0.15, 0.2) is 24.3 Å². The molecule has 0 aliphatic carbocycles. The molecule has 0 saturated carbocycles. The highest BCUT2D eigenvalue weighted by Crippen LogP contribution is 2.17. The molecule has 1 aromatic carbocycles. The highest BCUT2D eigenvalue weighted by atomic mass is 32.1. The molecule has 5 heteroatoms. The van der Waals surface area contributed by atoms with Crippen LogP contribution in [0.25, 0.3) is 0 Å². The van der Waals surface area contributed by atoms with Gasteiger partial charge in [-0.1, -0.05) is 0 Å². The Morgan fingerprint density at radius 2 is 1.83 bits per heavy atom. The Kier molecular flexibility index (Phi) is 5.88. The lowest BCUT2D eigenvalue weighted by molar-refractivity contribution is 0.400. The molecule has 0 atom stereocenters. The first-order valence-corrected chi connectivity index (χ1v) is 6.37. The van der Waals surface area contributed by atoms with Gasteiger partial charge in [-0.05, 0) is 63.5 Å². The number of nitrogens with zero attached hydrogens (tertiary/aromatic N) is 2. The molecule has 1 rings (SSSR count). The van der Waals surface area contributed by atoms with Crippen LogP contribution in [0.4, 0.5) is 5.69 Å². The maximum Gasteiger partial charge on any atom is 0.173 e. The molecule has 18 heavy (non-hydrogen) atoms. The average molecular weight is 267 g/mol. The fraction of sp³-hybridized carbons (Fsp3) is 0.462. The van der Waals surface area contributed by atoms with E-state index >= 15 is 0 Å². The minimum Gasteiger partial charge on any atom is -0.508 e. The molecule has 0 saturated heterocycles. The van der Waals surface area contributed by atoms with E-state index in [0.29, 0.717) is 5.11 Å². The Hall–Kier alpha value is -1.33. The molecule has 0 radical (unpaired) electrons. The molecule has 100 valence electrons. The second-order valence-electron chi connectivity index (χ2n) is 4.46. The summed E-state index contributed by atoms with van der Waals surface area (Å²) in [5.74, 6) is 0.261. The van der Waals surface area contributed by atoms with Crippen molar-refractivity contribution in [2.45, 2.75) is 6.42 Å². The summed E-state index contributed by atoms with van der Waals surface area (Å²) >= 11 is 5.31. The van der Waals surface area contributed by atoms with Gasteiger partial charge in [-0.15, -0.1) is 0 Å². The van der Waals surface area contributed by atoms with Gasteiger partial charge in [0.1, 0.15) is 5.75 Å². The number of thiocarbonyl (C=S) groups is 1. The van der Waals surface area contributed by atoms with E-state index in [1.54, 1.807) is 12.1 Å². The third-order valence-corrected chi connectivity index (χ3v) is 3.02. The fourth-order valence-corrected chi connectivity index (χ4v) is 1.71. The van der Waals surface area contributed by atoms with Crippen LogP contribution in [-0.4, -0.2) is 49.4 Å². The lowest BCUT2D eigenvalue weighted by Crippen LogP contribution is -2.38. The zero-order chi connectivity index (χ0) is 13.5. The number of anilines is 1. The molecular formula is C13H21N3OS. The van der Waals surface area contributed by atoms with Gasteiger partial charge in [0, 0.05) is 19.3 Å². The van der Waals surface area contributed by atoms with E-state index < -0.39 is 0 Å².